The van der Waals surface area contributed by atoms with Crippen LogP contribution in [0, 0.1) is 29.4 Å². The van der Waals surface area contributed by atoms with Crippen LogP contribution < -0.4 is 0 Å². The molecule has 2 aliphatic carbocycles. The molecular formula is C26H35F5. The maximum atomic E-state index is 13.9. The highest BCUT2D eigenvalue weighted by Gasteiger charge is 2.38. The molecule has 2 saturated carbocycles. The minimum absolute atomic E-state index is 0.0745. The Kier molecular flexibility index (Phi) is 8.58. The monoisotopic (exact) mass is 442 g/mol. The number of hydrogen-bond acceptors (Lipinski definition) is 0. The van der Waals surface area contributed by atoms with Crippen LogP contribution in [0.4, 0.5) is 22.0 Å². The smallest absolute Gasteiger partial charge is 0.206 e. The molecule has 0 N–H and O–H groups in total. The van der Waals surface area contributed by atoms with Crippen molar-refractivity contribution in [3.8, 4) is 0 Å². The lowest BCUT2D eigenvalue weighted by molar-refractivity contribution is -0.142. The Morgan fingerprint density at radius 1 is 0.806 bits per heavy atom. The van der Waals surface area contributed by atoms with Gasteiger partial charge in [0.15, 0.2) is 0 Å². The second-order valence-corrected chi connectivity index (χ2v) is 9.63. The molecule has 0 bridgehead atoms. The second kappa shape index (κ2) is 11.0. The van der Waals surface area contributed by atoms with Crippen LogP contribution in [0.25, 0.3) is 0 Å². The highest BCUT2D eigenvalue weighted by molar-refractivity contribution is 5.31. The van der Waals surface area contributed by atoms with Crippen molar-refractivity contribution >= 4 is 0 Å². The summed E-state index contributed by atoms with van der Waals surface area (Å²) >= 11 is 0. The van der Waals surface area contributed by atoms with Crippen molar-refractivity contribution in [3.63, 3.8) is 0 Å². The Balaban J connectivity index is 1.46. The highest BCUT2D eigenvalue weighted by atomic mass is 19.4. The molecular weight excluding hydrogens is 407 g/mol. The van der Waals surface area contributed by atoms with E-state index in [4.69, 9.17) is 0 Å². The zero-order chi connectivity index (χ0) is 22.4. The molecule has 0 radical (unpaired) electrons. The first kappa shape index (κ1) is 24.3. The molecule has 0 heterocycles. The quantitative estimate of drug-likeness (QED) is 0.224. The van der Waals surface area contributed by atoms with Gasteiger partial charge in [0, 0.05) is 0 Å². The van der Waals surface area contributed by atoms with E-state index in [1.54, 1.807) is 0 Å². The molecule has 5 heteroatoms. The minimum Gasteiger partial charge on any atom is -0.206 e. The van der Waals surface area contributed by atoms with E-state index >= 15 is 0 Å². The molecule has 0 nitrogen and oxygen atoms in total. The normalized spacial score (nSPS) is 27.7. The molecule has 1 aromatic carbocycles. The predicted octanol–water partition coefficient (Wildman–Crippen LogP) is 9.20. The standard InChI is InChI=1S/C26H35F5/c1-2-3-4-5-18-6-8-19(9-7-18)10-11-20-12-14-21(15-13-20)22-16-23(27)25(24(28)17-22)26(29,30)31/h10-11,16-21H,2-9,12-15H2,1H3/t18-,19-,20-,21-. The Hall–Kier alpha value is -1.39. The molecule has 0 amide bonds. The fourth-order valence-electron chi connectivity index (χ4n) is 5.41. The lowest BCUT2D eigenvalue weighted by atomic mass is 9.76. The van der Waals surface area contributed by atoms with Crippen LogP contribution in [0.5, 0.6) is 0 Å². The predicted molar refractivity (Wildman–Crippen MR) is 115 cm³/mol. The first-order chi connectivity index (χ1) is 14.8. The Bertz CT molecular complexity index is 697. The molecule has 0 atom stereocenters. The van der Waals surface area contributed by atoms with E-state index < -0.39 is 23.4 Å². The molecule has 1 aromatic rings. The average Bonchev–Trinajstić information content (AvgIpc) is 2.72. The zero-order valence-electron chi connectivity index (χ0n) is 18.5. The van der Waals surface area contributed by atoms with Crippen LogP contribution in [0.15, 0.2) is 24.3 Å². The summed E-state index contributed by atoms with van der Waals surface area (Å²) in [5.74, 6) is -1.06. The fraction of sp³-hybridized carbons (Fsp3) is 0.692. The van der Waals surface area contributed by atoms with E-state index in [0.717, 1.165) is 43.7 Å². The molecule has 174 valence electrons. The van der Waals surface area contributed by atoms with Crippen LogP contribution in [-0.4, -0.2) is 0 Å². The minimum atomic E-state index is -5.01. The number of rotatable bonds is 7. The number of allylic oxidation sites excluding steroid dienone is 2. The van der Waals surface area contributed by atoms with Gasteiger partial charge in [-0.15, -0.1) is 0 Å². The number of alkyl halides is 3. The van der Waals surface area contributed by atoms with Crippen LogP contribution in [0.1, 0.15) is 101 Å². The molecule has 2 fully saturated rings. The van der Waals surface area contributed by atoms with Gasteiger partial charge in [-0.3, -0.25) is 0 Å². The maximum absolute atomic E-state index is 13.9. The van der Waals surface area contributed by atoms with Crippen molar-refractivity contribution in [2.45, 2.75) is 96.1 Å². The topological polar surface area (TPSA) is 0 Å². The van der Waals surface area contributed by atoms with Gasteiger partial charge in [-0.2, -0.15) is 13.2 Å². The van der Waals surface area contributed by atoms with Crippen LogP contribution >= 0.6 is 0 Å². The Morgan fingerprint density at radius 3 is 1.81 bits per heavy atom. The van der Waals surface area contributed by atoms with Crippen molar-refractivity contribution in [1.29, 1.82) is 0 Å². The highest BCUT2D eigenvalue weighted by Crippen LogP contribution is 2.40. The van der Waals surface area contributed by atoms with Gasteiger partial charge < -0.3 is 0 Å². The van der Waals surface area contributed by atoms with Gasteiger partial charge in [0.25, 0.3) is 0 Å². The van der Waals surface area contributed by atoms with Gasteiger partial charge in [-0.25, -0.2) is 8.78 Å². The number of halogens is 5. The summed E-state index contributed by atoms with van der Waals surface area (Å²) in [6.45, 7) is 2.25. The average molecular weight is 443 g/mol. The van der Waals surface area contributed by atoms with Crippen molar-refractivity contribution in [2.75, 3.05) is 0 Å². The third kappa shape index (κ3) is 6.79. The van der Waals surface area contributed by atoms with Gasteiger partial charge in [-0.1, -0.05) is 44.8 Å². The van der Waals surface area contributed by atoms with E-state index in [-0.39, 0.29) is 5.92 Å². The second-order valence-electron chi connectivity index (χ2n) is 9.63. The van der Waals surface area contributed by atoms with Gasteiger partial charge in [0.05, 0.1) is 0 Å². The van der Waals surface area contributed by atoms with E-state index in [2.05, 4.69) is 19.1 Å². The van der Waals surface area contributed by atoms with Crippen molar-refractivity contribution in [1.82, 2.24) is 0 Å². The molecule has 0 spiro atoms. The molecule has 0 unspecified atom stereocenters. The summed E-state index contributed by atoms with van der Waals surface area (Å²) in [4.78, 5) is 0. The van der Waals surface area contributed by atoms with Crippen LogP contribution in [0.3, 0.4) is 0 Å². The largest absolute Gasteiger partial charge is 0.422 e. The van der Waals surface area contributed by atoms with Gasteiger partial charge >= 0.3 is 6.18 Å². The van der Waals surface area contributed by atoms with E-state index in [9.17, 15) is 22.0 Å². The summed E-state index contributed by atoms with van der Waals surface area (Å²) < 4.78 is 66.1. The summed E-state index contributed by atoms with van der Waals surface area (Å²) in [6.07, 6.45) is 13.6. The first-order valence-electron chi connectivity index (χ1n) is 12.0. The molecule has 0 aliphatic heterocycles. The summed E-state index contributed by atoms with van der Waals surface area (Å²) in [7, 11) is 0. The van der Waals surface area contributed by atoms with Crippen molar-refractivity contribution in [2.24, 2.45) is 17.8 Å². The molecule has 0 saturated heterocycles. The molecule has 3 rings (SSSR count). The van der Waals surface area contributed by atoms with Crippen LogP contribution in [-0.2, 0) is 6.18 Å². The number of benzene rings is 1. The first-order valence-corrected chi connectivity index (χ1v) is 12.0. The SMILES string of the molecule is CCCCC[C@H]1CC[C@H](C=C[C@H]2CC[C@H](c3cc(F)c(C(F)(F)F)c(F)c3)CC2)CC1. The van der Waals surface area contributed by atoms with Gasteiger partial charge in [0.2, 0.25) is 0 Å². The molecule has 31 heavy (non-hydrogen) atoms. The maximum Gasteiger partial charge on any atom is 0.422 e. The third-order valence-electron chi connectivity index (χ3n) is 7.35. The van der Waals surface area contributed by atoms with E-state index in [0.29, 0.717) is 17.4 Å². The number of unbranched alkanes of at least 4 members (excludes halogenated alkanes) is 2. The Labute approximate surface area is 183 Å². The summed E-state index contributed by atoms with van der Waals surface area (Å²) in [6, 6.07) is 1.76. The van der Waals surface area contributed by atoms with Crippen molar-refractivity contribution in [3.05, 3.63) is 47.0 Å². The Morgan fingerprint density at radius 2 is 1.32 bits per heavy atom. The van der Waals surface area contributed by atoms with Gasteiger partial charge in [-0.05, 0) is 92.7 Å². The summed E-state index contributed by atoms with van der Waals surface area (Å²) in [5, 5.41) is 0. The van der Waals surface area contributed by atoms with E-state index in [1.165, 1.54) is 51.4 Å². The third-order valence-corrected chi connectivity index (χ3v) is 7.35. The van der Waals surface area contributed by atoms with Crippen LogP contribution in [0.2, 0.25) is 0 Å². The van der Waals surface area contributed by atoms with E-state index in [1.807, 2.05) is 0 Å². The fourth-order valence-corrected chi connectivity index (χ4v) is 5.41. The lowest BCUT2D eigenvalue weighted by Gasteiger charge is -2.29. The van der Waals surface area contributed by atoms with Gasteiger partial charge in [0.1, 0.15) is 17.2 Å². The van der Waals surface area contributed by atoms with Crippen molar-refractivity contribution < 1.29 is 22.0 Å². The molecule has 0 aromatic heterocycles. The number of hydrogen-bond donors (Lipinski definition) is 0. The summed E-state index contributed by atoms with van der Waals surface area (Å²) in [5.41, 5.74) is -1.43. The molecule has 2 aliphatic rings. The zero-order valence-corrected chi connectivity index (χ0v) is 18.5. The lowest BCUT2D eigenvalue weighted by Crippen LogP contribution is -2.16.